The highest BCUT2D eigenvalue weighted by atomic mass is 32.1. The number of esters is 1. The van der Waals surface area contributed by atoms with Crippen molar-refractivity contribution in [1.29, 1.82) is 5.41 Å². The molecule has 0 unspecified atom stereocenters. The SMILES string of the molecule is CC(=O)O.CC(=O)O.N=C=S.O=C1OC2(c3ccc(O)cc3Oc3cc(O)ccc32)c2ccccc21. The van der Waals surface area contributed by atoms with Gasteiger partial charge >= 0.3 is 5.97 Å². The summed E-state index contributed by atoms with van der Waals surface area (Å²) in [5.41, 5.74) is 1.28. The van der Waals surface area contributed by atoms with Gasteiger partial charge in [0.15, 0.2) is 5.60 Å². The molecule has 0 fully saturated rings. The third-order valence-electron chi connectivity index (χ3n) is 4.68. The van der Waals surface area contributed by atoms with E-state index in [-0.39, 0.29) is 11.5 Å². The molecule has 5 N–H and O–H groups in total. The Morgan fingerprint density at radius 2 is 1.28 bits per heavy atom. The molecule has 3 aromatic carbocycles. The van der Waals surface area contributed by atoms with Crippen LogP contribution >= 0.6 is 12.2 Å². The van der Waals surface area contributed by atoms with Crippen molar-refractivity contribution in [3.05, 3.63) is 82.9 Å². The Balaban J connectivity index is 0.000000356. The third-order valence-corrected chi connectivity index (χ3v) is 4.68. The Kier molecular flexibility index (Phi) is 8.87. The number of carboxylic acid groups (broad SMARTS) is 2. The van der Waals surface area contributed by atoms with Crippen molar-refractivity contribution in [2.75, 3.05) is 0 Å². The normalized spacial score (nSPS) is 12.6. The van der Waals surface area contributed by atoms with Gasteiger partial charge in [0, 0.05) is 42.7 Å². The molecule has 2 aliphatic rings. The van der Waals surface area contributed by atoms with E-state index < -0.39 is 23.5 Å². The quantitative estimate of drug-likeness (QED) is 0.164. The molecular formula is C25H21NO9S. The van der Waals surface area contributed by atoms with Crippen LogP contribution in [0.4, 0.5) is 0 Å². The molecule has 186 valence electrons. The van der Waals surface area contributed by atoms with Crippen molar-refractivity contribution in [2.45, 2.75) is 19.4 Å². The summed E-state index contributed by atoms with van der Waals surface area (Å²) in [5, 5.41) is 41.9. The summed E-state index contributed by atoms with van der Waals surface area (Å²) < 4.78 is 11.8. The van der Waals surface area contributed by atoms with Gasteiger partial charge in [0.1, 0.15) is 23.0 Å². The van der Waals surface area contributed by atoms with Crippen molar-refractivity contribution in [2.24, 2.45) is 0 Å². The minimum atomic E-state index is -1.17. The Hall–Kier alpha value is -4.73. The molecule has 3 aromatic rings. The van der Waals surface area contributed by atoms with Crippen molar-refractivity contribution >= 4 is 35.3 Å². The average Bonchev–Trinajstić information content (AvgIpc) is 3.06. The number of carbonyl (C=O) groups is 3. The van der Waals surface area contributed by atoms with Gasteiger partial charge in [-0.25, -0.2) is 10.2 Å². The number of benzene rings is 3. The number of ether oxygens (including phenoxy) is 2. The van der Waals surface area contributed by atoms with Gasteiger partial charge in [-0.2, -0.15) is 0 Å². The number of phenols is 2. The summed E-state index contributed by atoms with van der Waals surface area (Å²) >= 11 is 3.81. The number of thiocarbonyl (C=S) groups is 1. The van der Waals surface area contributed by atoms with Crippen LogP contribution in [-0.4, -0.2) is 43.5 Å². The molecule has 0 aliphatic carbocycles. The predicted octanol–water partition coefficient (Wildman–Crippen LogP) is 4.52. The molecule has 2 heterocycles. The molecule has 0 aromatic heterocycles. The highest BCUT2D eigenvalue weighted by Gasteiger charge is 2.53. The molecule has 0 radical (unpaired) electrons. The molecule has 0 saturated carbocycles. The number of rotatable bonds is 0. The molecule has 0 atom stereocenters. The number of carboxylic acids is 2. The number of aliphatic carboxylic acids is 2. The predicted molar refractivity (Wildman–Crippen MR) is 130 cm³/mol. The van der Waals surface area contributed by atoms with E-state index in [1.54, 1.807) is 29.4 Å². The van der Waals surface area contributed by atoms with Crippen molar-refractivity contribution < 1.29 is 44.3 Å². The zero-order valence-corrected chi connectivity index (χ0v) is 19.8. The number of isothiocyanates is 1. The number of fused-ring (bicyclic) bond motifs is 6. The van der Waals surface area contributed by atoms with Gasteiger partial charge in [-0.15, -0.1) is 0 Å². The van der Waals surface area contributed by atoms with Crippen LogP contribution in [0.5, 0.6) is 23.0 Å². The fourth-order valence-electron chi connectivity index (χ4n) is 3.65. The second-order valence-electron chi connectivity index (χ2n) is 7.22. The molecule has 10 nitrogen and oxygen atoms in total. The number of nitrogens with one attached hydrogen (secondary N) is 1. The molecule has 1 spiro atoms. The van der Waals surface area contributed by atoms with Crippen molar-refractivity contribution in [1.82, 2.24) is 0 Å². The van der Waals surface area contributed by atoms with Crippen LogP contribution in [0.2, 0.25) is 0 Å². The number of aromatic hydroxyl groups is 2. The Morgan fingerprint density at radius 3 is 1.72 bits per heavy atom. The lowest BCUT2D eigenvalue weighted by atomic mass is 9.77. The first-order valence-corrected chi connectivity index (χ1v) is 10.5. The van der Waals surface area contributed by atoms with Gasteiger partial charge in [0.25, 0.3) is 11.9 Å². The van der Waals surface area contributed by atoms with Crippen molar-refractivity contribution in [3.8, 4) is 23.0 Å². The van der Waals surface area contributed by atoms with E-state index in [2.05, 4.69) is 12.2 Å². The lowest BCUT2D eigenvalue weighted by molar-refractivity contribution is -0.135. The standard InChI is InChI=1S/C20H12O5.2C2H4O2.CHNS/c21-11-5-7-15-17(9-11)24-18-10-12(22)6-8-16(18)20(15)14-4-2-1-3-13(14)19(23)25-20;2*1-2(3)4;2-1-3/h1-10,21-22H;2*1H3,(H,3,4);2H. The number of carbonyl (C=O) groups excluding carboxylic acids is 1. The number of hydrogen-bond acceptors (Lipinski definition) is 9. The van der Waals surface area contributed by atoms with E-state index in [0.29, 0.717) is 33.8 Å². The number of phenolic OH excluding ortho intramolecular Hbond substituents is 2. The Labute approximate surface area is 210 Å². The van der Waals surface area contributed by atoms with Crippen LogP contribution in [0.15, 0.2) is 60.7 Å². The Morgan fingerprint density at radius 1 is 0.861 bits per heavy atom. The first kappa shape index (κ1) is 27.5. The van der Waals surface area contributed by atoms with E-state index in [1.165, 1.54) is 24.3 Å². The maximum absolute atomic E-state index is 12.5. The van der Waals surface area contributed by atoms with Gasteiger partial charge in [0.2, 0.25) is 0 Å². The van der Waals surface area contributed by atoms with Crippen LogP contribution in [0.3, 0.4) is 0 Å². The second-order valence-corrected chi connectivity index (χ2v) is 7.42. The van der Waals surface area contributed by atoms with Gasteiger partial charge in [-0.3, -0.25) is 9.59 Å². The van der Waals surface area contributed by atoms with Crippen molar-refractivity contribution in [3.63, 3.8) is 0 Å². The number of hydrogen-bond donors (Lipinski definition) is 5. The van der Waals surface area contributed by atoms with E-state index in [1.807, 2.05) is 12.1 Å². The average molecular weight is 512 g/mol. The molecule has 5 rings (SSSR count). The van der Waals surface area contributed by atoms with Gasteiger partial charge < -0.3 is 29.9 Å². The molecule has 0 amide bonds. The molecule has 11 heteroatoms. The largest absolute Gasteiger partial charge is 0.508 e. The smallest absolute Gasteiger partial charge is 0.340 e. The second kappa shape index (κ2) is 11.6. The first-order chi connectivity index (χ1) is 17.0. The van der Waals surface area contributed by atoms with E-state index in [0.717, 1.165) is 13.8 Å². The highest BCUT2D eigenvalue weighted by molar-refractivity contribution is 7.78. The lowest BCUT2D eigenvalue weighted by Gasteiger charge is -2.36. The maximum Gasteiger partial charge on any atom is 0.340 e. The summed E-state index contributed by atoms with van der Waals surface area (Å²) in [6.07, 6.45) is 0. The molecule has 0 bridgehead atoms. The summed E-state index contributed by atoms with van der Waals surface area (Å²) in [5.74, 6) is -1.26. The third kappa shape index (κ3) is 5.84. The van der Waals surface area contributed by atoms with Gasteiger partial charge in [-0.05, 0) is 42.5 Å². The van der Waals surface area contributed by atoms with Gasteiger partial charge in [0.05, 0.1) is 10.7 Å². The summed E-state index contributed by atoms with van der Waals surface area (Å²) in [6.45, 7) is 2.17. The molecule has 36 heavy (non-hydrogen) atoms. The van der Waals surface area contributed by atoms with Gasteiger partial charge in [-0.1, -0.05) is 18.2 Å². The van der Waals surface area contributed by atoms with E-state index >= 15 is 0 Å². The minimum absolute atomic E-state index is 0.0371. The minimum Gasteiger partial charge on any atom is -0.508 e. The Bertz CT molecular complexity index is 1280. The summed E-state index contributed by atoms with van der Waals surface area (Å²) in [7, 11) is 0. The van der Waals surface area contributed by atoms with Crippen LogP contribution in [0, 0.1) is 5.41 Å². The maximum atomic E-state index is 12.5. The first-order valence-electron chi connectivity index (χ1n) is 10.1. The van der Waals surface area contributed by atoms with Crippen LogP contribution < -0.4 is 4.74 Å². The monoisotopic (exact) mass is 511 g/mol. The molecule has 0 saturated heterocycles. The van der Waals surface area contributed by atoms with E-state index in [9.17, 15) is 15.0 Å². The zero-order chi connectivity index (χ0) is 27.0. The molecular weight excluding hydrogens is 490 g/mol. The fraction of sp³-hybridized carbons (Fsp3) is 0.120. The highest BCUT2D eigenvalue weighted by Crippen LogP contribution is 2.56. The van der Waals surface area contributed by atoms with Crippen LogP contribution in [0.25, 0.3) is 0 Å². The summed E-state index contributed by atoms with van der Waals surface area (Å²) in [6, 6.07) is 16.6. The van der Waals surface area contributed by atoms with E-state index in [4.69, 9.17) is 34.7 Å². The van der Waals surface area contributed by atoms with Crippen LogP contribution in [-0.2, 0) is 19.9 Å². The topological polar surface area (TPSA) is 174 Å². The summed E-state index contributed by atoms with van der Waals surface area (Å²) in [4.78, 5) is 30.5. The lowest BCUT2D eigenvalue weighted by Crippen LogP contribution is -2.32. The zero-order valence-electron chi connectivity index (χ0n) is 19.0. The van der Waals surface area contributed by atoms with Crippen LogP contribution in [0.1, 0.15) is 40.9 Å². The fourth-order valence-corrected chi connectivity index (χ4v) is 3.65. The molecule has 2 aliphatic heterocycles.